The van der Waals surface area contributed by atoms with E-state index in [9.17, 15) is 9.00 Å². The first-order valence-electron chi connectivity index (χ1n) is 6.86. The summed E-state index contributed by atoms with van der Waals surface area (Å²) < 4.78 is 12.8. The zero-order chi connectivity index (χ0) is 15.2. The van der Waals surface area contributed by atoms with Crippen LogP contribution >= 0.6 is 0 Å². The zero-order valence-electron chi connectivity index (χ0n) is 11.9. The van der Waals surface area contributed by atoms with Gasteiger partial charge in [0.25, 0.3) is 0 Å². The van der Waals surface area contributed by atoms with Crippen LogP contribution < -0.4 is 5.73 Å². The minimum atomic E-state index is -1.21. The Labute approximate surface area is 127 Å². The van der Waals surface area contributed by atoms with E-state index >= 15 is 0 Å². The largest absolute Gasteiger partial charge is 0.369 e. The van der Waals surface area contributed by atoms with E-state index in [1.807, 2.05) is 60.7 Å². The fraction of sp³-hybridized carbons (Fsp3) is 0.235. The smallest absolute Gasteiger partial charge is 0.221 e. The molecule has 0 aliphatic heterocycles. The van der Waals surface area contributed by atoms with Gasteiger partial charge in [-0.05, 0) is 11.1 Å². The molecule has 0 fully saturated rings. The minimum Gasteiger partial charge on any atom is -0.369 e. The molecule has 0 aliphatic carbocycles. The van der Waals surface area contributed by atoms with Crippen LogP contribution in [0.15, 0.2) is 60.7 Å². The van der Waals surface area contributed by atoms with Crippen LogP contribution in [0.5, 0.6) is 0 Å². The number of carbonyl (C=O) groups excluding carboxylic acids is 1. The Morgan fingerprint density at radius 1 is 1.00 bits per heavy atom. The Morgan fingerprint density at radius 2 is 1.43 bits per heavy atom. The van der Waals surface area contributed by atoms with Crippen molar-refractivity contribution in [3.05, 3.63) is 71.8 Å². The predicted molar refractivity (Wildman–Crippen MR) is 86.1 cm³/mol. The van der Waals surface area contributed by atoms with Gasteiger partial charge in [0.15, 0.2) is 0 Å². The first kappa shape index (κ1) is 15.4. The lowest BCUT2D eigenvalue weighted by Crippen LogP contribution is -2.27. The topological polar surface area (TPSA) is 60.2 Å². The summed E-state index contributed by atoms with van der Waals surface area (Å²) in [4.78, 5) is 11.2. The molecule has 2 atom stereocenters. The van der Waals surface area contributed by atoms with Gasteiger partial charge in [-0.2, -0.15) is 0 Å². The molecule has 2 unspecified atom stereocenters. The predicted octanol–water partition coefficient (Wildman–Crippen LogP) is 2.65. The molecular formula is C17H19NO2S. The van der Waals surface area contributed by atoms with Gasteiger partial charge in [0.1, 0.15) is 0 Å². The van der Waals surface area contributed by atoms with Crippen molar-refractivity contribution in [2.75, 3.05) is 5.75 Å². The summed E-state index contributed by atoms with van der Waals surface area (Å²) in [6, 6.07) is 19.4. The van der Waals surface area contributed by atoms with Crippen molar-refractivity contribution in [2.24, 2.45) is 11.7 Å². The lowest BCUT2D eigenvalue weighted by atomic mass is 10.0. The van der Waals surface area contributed by atoms with Crippen molar-refractivity contribution in [1.29, 1.82) is 0 Å². The van der Waals surface area contributed by atoms with E-state index in [1.54, 1.807) is 6.92 Å². The molecule has 1 amide bonds. The summed E-state index contributed by atoms with van der Waals surface area (Å²) in [5, 5.41) is -0.241. The molecule has 0 aliphatic rings. The maximum atomic E-state index is 12.8. The number of hydrogen-bond donors (Lipinski definition) is 1. The van der Waals surface area contributed by atoms with Crippen LogP contribution in [-0.2, 0) is 15.6 Å². The molecule has 0 heterocycles. The number of carbonyl (C=O) groups is 1. The van der Waals surface area contributed by atoms with E-state index < -0.39 is 22.6 Å². The van der Waals surface area contributed by atoms with Crippen molar-refractivity contribution in [3.63, 3.8) is 0 Å². The van der Waals surface area contributed by atoms with Crippen LogP contribution in [0.4, 0.5) is 0 Å². The molecular weight excluding hydrogens is 282 g/mol. The van der Waals surface area contributed by atoms with E-state index in [4.69, 9.17) is 5.73 Å². The minimum absolute atomic E-state index is 0.241. The quantitative estimate of drug-likeness (QED) is 0.891. The van der Waals surface area contributed by atoms with Gasteiger partial charge in [-0.1, -0.05) is 67.6 Å². The molecule has 0 saturated carbocycles. The van der Waals surface area contributed by atoms with E-state index in [0.29, 0.717) is 0 Å². The first-order valence-corrected chi connectivity index (χ1v) is 8.24. The molecule has 0 saturated heterocycles. The SMILES string of the molecule is CC(CS(=O)C(c1ccccc1)c1ccccc1)C(N)=O. The van der Waals surface area contributed by atoms with Gasteiger partial charge >= 0.3 is 0 Å². The second-order valence-corrected chi connectivity index (χ2v) is 6.62. The number of benzene rings is 2. The fourth-order valence-electron chi connectivity index (χ4n) is 2.18. The van der Waals surface area contributed by atoms with Crippen LogP contribution in [0.1, 0.15) is 23.3 Å². The van der Waals surface area contributed by atoms with E-state index in [2.05, 4.69) is 0 Å². The fourth-order valence-corrected chi connectivity index (χ4v) is 3.95. The summed E-state index contributed by atoms with van der Waals surface area (Å²) in [7, 11) is -1.21. The Bertz CT molecular complexity index is 574. The lowest BCUT2D eigenvalue weighted by Gasteiger charge is -2.19. The van der Waals surface area contributed by atoms with Gasteiger partial charge in [-0.15, -0.1) is 0 Å². The van der Waals surface area contributed by atoms with Crippen molar-refractivity contribution in [3.8, 4) is 0 Å². The van der Waals surface area contributed by atoms with E-state index in [-0.39, 0.29) is 11.0 Å². The number of hydrogen-bond acceptors (Lipinski definition) is 2. The summed E-state index contributed by atoms with van der Waals surface area (Å²) in [5.74, 6) is -0.548. The average molecular weight is 301 g/mol. The highest BCUT2D eigenvalue weighted by Gasteiger charge is 2.24. The van der Waals surface area contributed by atoms with Crippen LogP contribution in [0.3, 0.4) is 0 Å². The Balaban J connectivity index is 2.33. The maximum Gasteiger partial charge on any atom is 0.221 e. The summed E-state index contributed by atoms with van der Waals surface area (Å²) in [6.07, 6.45) is 0. The van der Waals surface area contributed by atoms with E-state index in [1.165, 1.54) is 0 Å². The van der Waals surface area contributed by atoms with Gasteiger partial charge in [-0.25, -0.2) is 0 Å². The Morgan fingerprint density at radius 3 is 1.81 bits per heavy atom. The highest BCUT2D eigenvalue weighted by Crippen LogP contribution is 2.29. The monoisotopic (exact) mass is 301 g/mol. The number of amides is 1. The third-order valence-electron chi connectivity index (χ3n) is 3.37. The molecule has 0 bridgehead atoms. The molecule has 0 radical (unpaired) electrons. The molecule has 2 aromatic carbocycles. The molecule has 2 aromatic rings. The van der Waals surface area contributed by atoms with Crippen LogP contribution in [0.2, 0.25) is 0 Å². The normalized spacial score (nSPS) is 13.8. The van der Waals surface area contributed by atoms with Gasteiger partial charge < -0.3 is 5.73 Å². The highest BCUT2D eigenvalue weighted by atomic mass is 32.2. The highest BCUT2D eigenvalue weighted by molar-refractivity contribution is 7.85. The second-order valence-electron chi connectivity index (χ2n) is 5.05. The third kappa shape index (κ3) is 4.02. The molecule has 110 valence electrons. The van der Waals surface area contributed by atoms with Crippen molar-refractivity contribution in [1.82, 2.24) is 0 Å². The van der Waals surface area contributed by atoms with Gasteiger partial charge in [-0.3, -0.25) is 9.00 Å². The number of rotatable bonds is 6. The molecule has 0 spiro atoms. The first-order chi connectivity index (χ1) is 10.1. The maximum absolute atomic E-state index is 12.8. The lowest BCUT2D eigenvalue weighted by molar-refractivity contribution is -0.120. The average Bonchev–Trinajstić information content (AvgIpc) is 2.49. The van der Waals surface area contributed by atoms with Crippen LogP contribution in [0.25, 0.3) is 0 Å². The third-order valence-corrected chi connectivity index (χ3v) is 5.27. The van der Waals surface area contributed by atoms with Gasteiger partial charge in [0.05, 0.1) is 5.25 Å². The molecule has 0 aromatic heterocycles. The molecule has 3 nitrogen and oxygen atoms in total. The summed E-state index contributed by atoms with van der Waals surface area (Å²) in [6.45, 7) is 1.72. The van der Waals surface area contributed by atoms with E-state index in [0.717, 1.165) is 11.1 Å². The van der Waals surface area contributed by atoms with Crippen molar-refractivity contribution >= 4 is 16.7 Å². The van der Waals surface area contributed by atoms with Crippen molar-refractivity contribution in [2.45, 2.75) is 12.2 Å². The molecule has 2 rings (SSSR count). The second kappa shape index (κ2) is 7.18. The van der Waals surface area contributed by atoms with Gasteiger partial charge in [0, 0.05) is 22.5 Å². The summed E-state index contributed by atoms with van der Waals surface area (Å²) in [5.41, 5.74) is 7.26. The van der Waals surface area contributed by atoms with Crippen LogP contribution in [0, 0.1) is 5.92 Å². The molecule has 21 heavy (non-hydrogen) atoms. The number of primary amides is 1. The molecule has 4 heteroatoms. The number of nitrogens with two attached hydrogens (primary N) is 1. The molecule has 2 N–H and O–H groups in total. The Kier molecular flexibility index (Phi) is 5.28. The van der Waals surface area contributed by atoms with Gasteiger partial charge in [0.2, 0.25) is 5.91 Å². The van der Waals surface area contributed by atoms with Crippen LogP contribution in [-0.4, -0.2) is 15.9 Å². The summed E-state index contributed by atoms with van der Waals surface area (Å²) >= 11 is 0. The van der Waals surface area contributed by atoms with Crippen molar-refractivity contribution < 1.29 is 9.00 Å². The zero-order valence-corrected chi connectivity index (χ0v) is 12.8. The standard InChI is InChI=1S/C17H19NO2S/c1-13(17(18)19)12-21(20)16(14-8-4-2-5-9-14)15-10-6-3-7-11-15/h2-11,13,16H,12H2,1H3,(H2,18,19). The Hall–Kier alpha value is -1.94.